The lowest BCUT2D eigenvalue weighted by atomic mass is 10.0. The van der Waals surface area contributed by atoms with E-state index in [2.05, 4.69) is 10.6 Å². The van der Waals surface area contributed by atoms with Gasteiger partial charge in [0.2, 0.25) is 11.8 Å². The van der Waals surface area contributed by atoms with E-state index in [0.717, 1.165) is 5.56 Å². The minimum atomic E-state index is -0.668. The van der Waals surface area contributed by atoms with Crippen LogP contribution in [0, 0.1) is 0 Å². The number of hydrogen-bond acceptors (Lipinski definition) is 5. The molecule has 25 heavy (non-hydrogen) atoms. The van der Waals surface area contributed by atoms with E-state index < -0.39 is 11.9 Å². The third-order valence-electron chi connectivity index (χ3n) is 3.45. The van der Waals surface area contributed by atoms with Crippen LogP contribution in [0.15, 0.2) is 24.3 Å². The summed E-state index contributed by atoms with van der Waals surface area (Å²) in [4.78, 5) is 45.2. The smallest absolute Gasteiger partial charge is 0.246 e. The summed E-state index contributed by atoms with van der Waals surface area (Å²) in [5.74, 6) is -0.511. The molecule has 1 atom stereocenters. The number of nitrogens with one attached hydrogen (secondary N) is 2. The van der Waals surface area contributed by atoms with Crippen LogP contribution in [0.3, 0.4) is 0 Å². The fraction of sp³-hybridized carbons (Fsp3) is 0.444. The number of carbonyl (C=O) groups is 4. The van der Waals surface area contributed by atoms with Crippen molar-refractivity contribution >= 4 is 23.9 Å². The van der Waals surface area contributed by atoms with Gasteiger partial charge in [-0.3, -0.25) is 14.4 Å². The van der Waals surface area contributed by atoms with Crippen LogP contribution >= 0.6 is 0 Å². The molecule has 0 radical (unpaired) electrons. The Hall–Kier alpha value is -2.54. The standard InChI is InChI=1S/C18H24N2O5/c1-3-17(23)19-8-9-25-12-18(24)20-16(11-21)10-14-4-6-15(7-5-14)13(2)22/h4-7,11,16H,3,8-10,12H2,1-2H3,(H,19,23)(H,20,24)/t16-/m0/s1. The Bertz CT molecular complexity index is 598. The second kappa shape index (κ2) is 11.1. The number of Topliss-reactive ketones (excluding diaryl/α,β-unsaturated/α-hetero) is 1. The van der Waals surface area contributed by atoms with E-state index in [0.29, 0.717) is 31.2 Å². The molecule has 1 rings (SSSR count). The first kappa shape index (κ1) is 20.5. The van der Waals surface area contributed by atoms with Gasteiger partial charge >= 0.3 is 0 Å². The summed E-state index contributed by atoms with van der Waals surface area (Å²) in [6.07, 6.45) is 1.40. The molecule has 0 heterocycles. The number of hydrogen-bond donors (Lipinski definition) is 2. The maximum absolute atomic E-state index is 11.8. The molecule has 0 spiro atoms. The zero-order valence-electron chi connectivity index (χ0n) is 14.5. The third-order valence-corrected chi connectivity index (χ3v) is 3.45. The van der Waals surface area contributed by atoms with Crippen molar-refractivity contribution in [2.24, 2.45) is 0 Å². The molecule has 0 fully saturated rings. The number of aldehydes is 1. The Balaban J connectivity index is 2.34. The Kier molecular flexibility index (Phi) is 9.10. The predicted octanol–water partition coefficient (Wildman–Crippen LogP) is 0.658. The number of benzene rings is 1. The van der Waals surface area contributed by atoms with Gasteiger partial charge in [-0.1, -0.05) is 31.2 Å². The Morgan fingerprint density at radius 3 is 2.40 bits per heavy atom. The molecule has 0 aromatic heterocycles. The molecule has 0 aliphatic rings. The van der Waals surface area contributed by atoms with Crippen molar-refractivity contribution in [3.8, 4) is 0 Å². The molecule has 1 aromatic rings. The number of amides is 2. The Morgan fingerprint density at radius 2 is 1.84 bits per heavy atom. The highest BCUT2D eigenvalue weighted by Crippen LogP contribution is 2.07. The van der Waals surface area contributed by atoms with Crippen molar-refractivity contribution in [2.45, 2.75) is 32.7 Å². The molecule has 0 saturated carbocycles. The molecular weight excluding hydrogens is 324 g/mol. The molecule has 0 aliphatic heterocycles. The van der Waals surface area contributed by atoms with Gasteiger partial charge in [0.05, 0.1) is 12.6 Å². The average molecular weight is 348 g/mol. The minimum Gasteiger partial charge on any atom is -0.370 e. The maximum atomic E-state index is 11.8. The predicted molar refractivity (Wildman–Crippen MR) is 92.3 cm³/mol. The van der Waals surface area contributed by atoms with Gasteiger partial charge in [-0.15, -0.1) is 0 Å². The molecule has 7 nitrogen and oxygen atoms in total. The summed E-state index contributed by atoms with van der Waals surface area (Å²) < 4.78 is 5.15. The van der Waals surface area contributed by atoms with Crippen molar-refractivity contribution in [2.75, 3.05) is 19.8 Å². The fourth-order valence-corrected chi connectivity index (χ4v) is 2.06. The summed E-state index contributed by atoms with van der Waals surface area (Å²) in [5, 5.41) is 5.20. The summed E-state index contributed by atoms with van der Waals surface area (Å²) in [7, 11) is 0. The lowest BCUT2D eigenvalue weighted by Gasteiger charge is -2.13. The van der Waals surface area contributed by atoms with Crippen molar-refractivity contribution in [3.63, 3.8) is 0 Å². The second-order valence-electron chi connectivity index (χ2n) is 5.52. The molecule has 2 N–H and O–H groups in total. The number of carbonyl (C=O) groups excluding carboxylic acids is 4. The molecule has 2 amide bonds. The normalized spacial score (nSPS) is 11.4. The summed E-state index contributed by atoms with van der Waals surface area (Å²) >= 11 is 0. The van der Waals surface area contributed by atoms with Crippen LogP contribution in [-0.4, -0.2) is 49.7 Å². The first-order valence-corrected chi connectivity index (χ1v) is 8.15. The van der Waals surface area contributed by atoms with Crippen LogP contribution in [-0.2, 0) is 25.5 Å². The van der Waals surface area contributed by atoms with Gasteiger partial charge in [0.25, 0.3) is 0 Å². The van der Waals surface area contributed by atoms with Gasteiger partial charge in [-0.05, 0) is 18.9 Å². The second-order valence-corrected chi connectivity index (χ2v) is 5.52. The number of ether oxygens (including phenoxy) is 1. The fourth-order valence-electron chi connectivity index (χ4n) is 2.06. The lowest BCUT2D eigenvalue weighted by molar-refractivity contribution is -0.128. The highest BCUT2D eigenvalue weighted by atomic mass is 16.5. The van der Waals surface area contributed by atoms with Crippen LogP contribution in [0.25, 0.3) is 0 Å². The average Bonchev–Trinajstić information content (AvgIpc) is 2.60. The van der Waals surface area contributed by atoms with Gasteiger partial charge in [-0.2, -0.15) is 0 Å². The van der Waals surface area contributed by atoms with Crippen molar-refractivity contribution < 1.29 is 23.9 Å². The van der Waals surface area contributed by atoms with E-state index in [9.17, 15) is 19.2 Å². The molecule has 0 saturated heterocycles. The first-order valence-electron chi connectivity index (χ1n) is 8.15. The Morgan fingerprint density at radius 1 is 1.16 bits per heavy atom. The first-order chi connectivity index (χ1) is 12.0. The third kappa shape index (κ3) is 8.21. The van der Waals surface area contributed by atoms with Crippen LogP contribution < -0.4 is 10.6 Å². The molecule has 136 valence electrons. The van der Waals surface area contributed by atoms with Crippen LogP contribution in [0.2, 0.25) is 0 Å². The van der Waals surface area contributed by atoms with Gasteiger partial charge in [0.1, 0.15) is 12.9 Å². The monoisotopic (exact) mass is 348 g/mol. The maximum Gasteiger partial charge on any atom is 0.246 e. The quantitative estimate of drug-likeness (QED) is 0.347. The molecule has 0 unspecified atom stereocenters. The molecular formula is C18H24N2O5. The summed E-state index contributed by atoms with van der Waals surface area (Å²) in [6.45, 7) is 3.60. The van der Waals surface area contributed by atoms with Crippen molar-refractivity contribution in [1.29, 1.82) is 0 Å². The van der Waals surface area contributed by atoms with Crippen molar-refractivity contribution in [3.05, 3.63) is 35.4 Å². The molecule has 0 aliphatic carbocycles. The van der Waals surface area contributed by atoms with Crippen molar-refractivity contribution in [1.82, 2.24) is 10.6 Å². The molecule has 1 aromatic carbocycles. The van der Waals surface area contributed by atoms with Gasteiger partial charge in [-0.25, -0.2) is 0 Å². The minimum absolute atomic E-state index is 0.0286. The Labute approximate surface area is 147 Å². The van der Waals surface area contributed by atoms with E-state index >= 15 is 0 Å². The van der Waals surface area contributed by atoms with E-state index in [4.69, 9.17) is 4.74 Å². The largest absolute Gasteiger partial charge is 0.370 e. The van der Waals surface area contributed by atoms with Gasteiger partial charge < -0.3 is 20.2 Å². The van der Waals surface area contributed by atoms with Gasteiger partial charge in [0, 0.05) is 18.5 Å². The van der Waals surface area contributed by atoms with E-state index in [1.165, 1.54) is 6.92 Å². The zero-order valence-corrected chi connectivity index (χ0v) is 14.5. The SMILES string of the molecule is CCC(=O)NCCOCC(=O)N[C@H](C=O)Cc1ccc(C(C)=O)cc1. The number of rotatable bonds is 11. The number of ketones is 1. The summed E-state index contributed by atoms with van der Waals surface area (Å²) in [5.41, 5.74) is 1.43. The van der Waals surface area contributed by atoms with Crippen LogP contribution in [0.5, 0.6) is 0 Å². The zero-order chi connectivity index (χ0) is 18.7. The lowest BCUT2D eigenvalue weighted by Crippen LogP contribution is -2.40. The molecule has 7 heteroatoms. The van der Waals surface area contributed by atoms with E-state index in [1.807, 2.05) is 0 Å². The highest BCUT2D eigenvalue weighted by molar-refractivity contribution is 5.94. The van der Waals surface area contributed by atoms with Gasteiger partial charge in [0.15, 0.2) is 5.78 Å². The molecule has 0 bridgehead atoms. The summed E-state index contributed by atoms with van der Waals surface area (Å²) in [6, 6.07) is 6.22. The topological polar surface area (TPSA) is 102 Å². The van der Waals surface area contributed by atoms with Crippen LogP contribution in [0.1, 0.15) is 36.2 Å². The highest BCUT2D eigenvalue weighted by Gasteiger charge is 2.12. The van der Waals surface area contributed by atoms with Crippen LogP contribution in [0.4, 0.5) is 0 Å². The van der Waals surface area contributed by atoms with E-state index in [-0.39, 0.29) is 24.9 Å². The van der Waals surface area contributed by atoms with E-state index in [1.54, 1.807) is 31.2 Å².